The summed E-state index contributed by atoms with van der Waals surface area (Å²) in [6, 6.07) is 1.42. The molecule has 1 saturated heterocycles. The fraction of sp³-hybridized carbons (Fsp3) is 1.00. The Labute approximate surface area is 66.1 Å². The Kier molecular flexibility index (Phi) is 4.06. The minimum Gasteiger partial charge on any atom is -0.424 e. The molecule has 0 aromatic rings. The van der Waals surface area contributed by atoms with E-state index in [-0.39, 0.29) is 9.76 Å². The van der Waals surface area contributed by atoms with Crippen LogP contribution in [0.1, 0.15) is 32.6 Å². The number of rotatable bonds is 3. The van der Waals surface area contributed by atoms with E-state index in [0.717, 1.165) is 12.5 Å². The van der Waals surface area contributed by atoms with E-state index in [2.05, 4.69) is 6.92 Å². The molecule has 0 aromatic carbocycles. The standard InChI is InChI=1S/C8H18OSi/c1-2-3-4-8-5-6-10-9-7-8/h8H,2-7,10H2,1H3. The molecular formula is C8H18OSi. The van der Waals surface area contributed by atoms with Gasteiger partial charge in [-0.25, -0.2) is 0 Å². The van der Waals surface area contributed by atoms with Gasteiger partial charge in [0.05, 0.1) is 0 Å². The van der Waals surface area contributed by atoms with Gasteiger partial charge >= 0.3 is 0 Å². The smallest absolute Gasteiger partial charge is 0.161 e. The first-order valence-electron chi connectivity index (χ1n) is 4.51. The van der Waals surface area contributed by atoms with Crippen LogP contribution in [0.15, 0.2) is 0 Å². The first-order valence-corrected chi connectivity index (χ1v) is 6.09. The second kappa shape index (κ2) is 4.91. The van der Waals surface area contributed by atoms with Crippen LogP contribution in [-0.2, 0) is 4.43 Å². The predicted molar refractivity (Wildman–Crippen MR) is 46.9 cm³/mol. The lowest BCUT2D eigenvalue weighted by Gasteiger charge is -2.21. The quantitative estimate of drug-likeness (QED) is 0.568. The van der Waals surface area contributed by atoms with Gasteiger partial charge in [-0.15, -0.1) is 0 Å². The molecule has 0 aromatic heterocycles. The summed E-state index contributed by atoms with van der Waals surface area (Å²) >= 11 is 0. The second-order valence-electron chi connectivity index (χ2n) is 3.23. The first-order chi connectivity index (χ1) is 4.93. The van der Waals surface area contributed by atoms with E-state index in [0.29, 0.717) is 0 Å². The molecule has 1 rings (SSSR count). The Morgan fingerprint density at radius 2 is 2.50 bits per heavy atom. The van der Waals surface area contributed by atoms with Gasteiger partial charge < -0.3 is 4.43 Å². The average Bonchev–Trinajstić information content (AvgIpc) is 2.03. The fourth-order valence-corrected chi connectivity index (χ4v) is 2.98. The maximum atomic E-state index is 5.52. The molecular weight excluding hydrogens is 140 g/mol. The summed E-state index contributed by atoms with van der Waals surface area (Å²) < 4.78 is 5.52. The van der Waals surface area contributed by atoms with Crippen molar-refractivity contribution in [3.05, 3.63) is 0 Å². The van der Waals surface area contributed by atoms with Crippen molar-refractivity contribution >= 4 is 9.76 Å². The molecule has 1 atom stereocenters. The van der Waals surface area contributed by atoms with E-state index < -0.39 is 0 Å². The Bertz CT molecular complexity index is 79.3. The summed E-state index contributed by atoms with van der Waals surface area (Å²) in [5, 5.41) is 0. The summed E-state index contributed by atoms with van der Waals surface area (Å²) in [6.45, 7) is 3.35. The van der Waals surface area contributed by atoms with Gasteiger partial charge in [-0.3, -0.25) is 0 Å². The molecule has 0 aliphatic carbocycles. The summed E-state index contributed by atoms with van der Waals surface area (Å²) in [4.78, 5) is 0. The molecule has 60 valence electrons. The van der Waals surface area contributed by atoms with E-state index in [1.807, 2.05) is 0 Å². The first kappa shape index (κ1) is 8.28. The van der Waals surface area contributed by atoms with Gasteiger partial charge in [0, 0.05) is 6.61 Å². The number of hydrogen-bond donors (Lipinski definition) is 0. The largest absolute Gasteiger partial charge is 0.424 e. The van der Waals surface area contributed by atoms with E-state index in [4.69, 9.17) is 4.43 Å². The van der Waals surface area contributed by atoms with Gasteiger partial charge in [0.1, 0.15) is 0 Å². The SMILES string of the molecule is CCCCC1CC[SiH2]OC1. The zero-order valence-electron chi connectivity index (χ0n) is 6.94. The molecule has 1 aliphatic heterocycles. The van der Waals surface area contributed by atoms with Gasteiger partial charge in [-0.2, -0.15) is 0 Å². The molecule has 0 spiro atoms. The van der Waals surface area contributed by atoms with Crippen LogP contribution >= 0.6 is 0 Å². The van der Waals surface area contributed by atoms with Crippen LogP contribution in [0.5, 0.6) is 0 Å². The molecule has 0 amide bonds. The van der Waals surface area contributed by atoms with Gasteiger partial charge in [-0.1, -0.05) is 19.8 Å². The molecule has 10 heavy (non-hydrogen) atoms. The Hall–Kier alpha value is 0.177. The minimum atomic E-state index is -0.0466. The maximum Gasteiger partial charge on any atom is 0.161 e. The highest BCUT2D eigenvalue weighted by Crippen LogP contribution is 2.18. The lowest BCUT2D eigenvalue weighted by Crippen LogP contribution is -2.18. The van der Waals surface area contributed by atoms with E-state index in [1.165, 1.54) is 31.7 Å². The lowest BCUT2D eigenvalue weighted by atomic mass is 10.0. The highest BCUT2D eigenvalue weighted by atomic mass is 28.2. The van der Waals surface area contributed by atoms with Crippen molar-refractivity contribution < 1.29 is 4.43 Å². The van der Waals surface area contributed by atoms with Crippen molar-refractivity contribution in [2.75, 3.05) is 6.61 Å². The average molecular weight is 158 g/mol. The zero-order chi connectivity index (χ0) is 7.23. The molecule has 1 fully saturated rings. The van der Waals surface area contributed by atoms with Crippen LogP contribution in [0.25, 0.3) is 0 Å². The molecule has 1 heterocycles. The van der Waals surface area contributed by atoms with Crippen molar-refractivity contribution in [2.24, 2.45) is 5.92 Å². The van der Waals surface area contributed by atoms with E-state index in [1.54, 1.807) is 0 Å². The van der Waals surface area contributed by atoms with Crippen molar-refractivity contribution in [2.45, 2.75) is 38.7 Å². The van der Waals surface area contributed by atoms with Crippen molar-refractivity contribution in [1.82, 2.24) is 0 Å². The number of unbranched alkanes of at least 4 members (excludes halogenated alkanes) is 1. The van der Waals surface area contributed by atoms with Gasteiger partial charge in [0.2, 0.25) is 0 Å². The normalized spacial score (nSPS) is 29.1. The molecule has 1 unspecified atom stereocenters. The summed E-state index contributed by atoms with van der Waals surface area (Å²) in [5.74, 6) is 0.918. The highest BCUT2D eigenvalue weighted by molar-refractivity contribution is 6.27. The third-order valence-corrected chi connectivity index (χ3v) is 3.44. The van der Waals surface area contributed by atoms with E-state index in [9.17, 15) is 0 Å². The molecule has 1 nitrogen and oxygen atoms in total. The van der Waals surface area contributed by atoms with Crippen LogP contribution < -0.4 is 0 Å². The fourth-order valence-electron chi connectivity index (χ4n) is 1.53. The summed E-state index contributed by atoms with van der Waals surface area (Å²) in [5.41, 5.74) is 0. The zero-order valence-corrected chi connectivity index (χ0v) is 8.35. The lowest BCUT2D eigenvalue weighted by molar-refractivity contribution is 0.219. The molecule has 0 N–H and O–H groups in total. The van der Waals surface area contributed by atoms with Crippen LogP contribution in [0.4, 0.5) is 0 Å². The van der Waals surface area contributed by atoms with E-state index >= 15 is 0 Å². The summed E-state index contributed by atoms with van der Waals surface area (Å²) in [7, 11) is -0.0466. The topological polar surface area (TPSA) is 9.23 Å². The van der Waals surface area contributed by atoms with Crippen LogP contribution in [0.2, 0.25) is 6.04 Å². The van der Waals surface area contributed by atoms with Gasteiger partial charge in [-0.05, 0) is 24.8 Å². The maximum absolute atomic E-state index is 5.52. The van der Waals surface area contributed by atoms with Crippen molar-refractivity contribution in [1.29, 1.82) is 0 Å². The third kappa shape index (κ3) is 2.84. The Balaban J connectivity index is 2.02. The predicted octanol–water partition coefficient (Wildman–Crippen LogP) is 1.72. The Morgan fingerprint density at radius 3 is 3.10 bits per heavy atom. The highest BCUT2D eigenvalue weighted by Gasteiger charge is 2.12. The van der Waals surface area contributed by atoms with Crippen LogP contribution in [0, 0.1) is 5.92 Å². The molecule has 0 radical (unpaired) electrons. The summed E-state index contributed by atoms with van der Waals surface area (Å²) in [6.07, 6.45) is 5.61. The number of hydrogen-bond acceptors (Lipinski definition) is 1. The van der Waals surface area contributed by atoms with Gasteiger partial charge in [0.15, 0.2) is 9.76 Å². The third-order valence-electron chi connectivity index (χ3n) is 2.22. The molecule has 2 heteroatoms. The molecule has 0 bridgehead atoms. The monoisotopic (exact) mass is 158 g/mol. The minimum absolute atomic E-state index is 0.0466. The molecule has 0 saturated carbocycles. The van der Waals surface area contributed by atoms with Crippen LogP contribution in [0.3, 0.4) is 0 Å². The molecule has 1 aliphatic rings. The Morgan fingerprint density at radius 1 is 1.60 bits per heavy atom. The van der Waals surface area contributed by atoms with Crippen molar-refractivity contribution in [3.63, 3.8) is 0 Å². The van der Waals surface area contributed by atoms with Crippen molar-refractivity contribution in [3.8, 4) is 0 Å². The van der Waals surface area contributed by atoms with Gasteiger partial charge in [0.25, 0.3) is 0 Å². The van der Waals surface area contributed by atoms with Crippen LogP contribution in [-0.4, -0.2) is 16.4 Å². The second-order valence-corrected chi connectivity index (χ2v) is 4.75.